The lowest BCUT2D eigenvalue weighted by atomic mass is 9.25. The third-order valence-corrected chi connectivity index (χ3v) is 40.0. The van der Waals surface area contributed by atoms with E-state index in [1.54, 1.807) is 0 Å². The first-order chi connectivity index (χ1) is 71.7. The van der Waals surface area contributed by atoms with Crippen LogP contribution in [-0.2, 0) is 9.53 Å². The maximum Gasteiger partial charge on any atom is 0.312 e. The van der Waals surface area contributed by atoms with E-state index >= 15 is 4.79 Å². The molecule has 0 heterocycles. The quantitative estimate of drug-likeness (QED) is 0.0448. The van der Waals surface area contributed by atoms with E-state index in [0.29, 0.717) is 12.6 Å². The van der Waals surface area contributed by atoms with Crippen LogP contribution in [0.25, 0.3) is 0 Å². The third kappa shape index (κ3) is 58.3. The average Bonchev–Trinajstić information content (AvgIpc) is 0.652. The number of carbonyl (C=O) groups excluding carboxylic acids is 1. The van der Waals surface area contributed by atoms with E-state index in [2.05, 4.69) is 132 Å². The number of hydrogen-bond acceptors (Lipinski definition) is 2. The Morgan fingerprint density at radius 3 is 0.425 bits per heavy atom. The summed E-state index contributed by atoms with van der Waals surface area (Å²) in [5.41, 5.74) is -0.672. The van der Waals surface area contributed by atoms with Crippen molar-refractivity contribution in [1.82, 2.24) is 0 Å². The minimum absolute atomic E-state index is 0.000745. The molecule has 0 aromatic heterocycles. The molecule has 0 aliphatic carbocycles. The van der Waals surface area contributed by atoms with Gasteiger partial charge in [0.2, 0.25) is 0 Å². The monoisotopic (exact) mass is 2050 g/mol. The minimum Gasteiger partial charge on any atom is -0.466 e. The molecule has 0 aliphatic rings. The molecule has 0 spiro atoms. The van der Waals surface area contributed by atoms with Crippen LogP contribution in [0.5, 0.6) is 0 Å². The molecular formula is C144H288O2. The van der Waals surface area contributed by atoms with Gasteiger partial charge in [-0.2, -0.15) is 0 Å². The molecule has 0 saturated carbocycles. The Labute approximate surface area is 928 Å². The zero-order valence-corrected chi connectivity index (χ0v) is 106. The molecule has 2 heteroatoms. The Morgan fingerprint density at radius 2 is 0.260 bits per heavy atom. The van der Waals surface area contributed by atoms with Gasteiger partial charge in [-0.05, 0) is 160 Å². The highest BCUT2D eigenvalue weighted by molar-refractivity contribution is 5.78. The van der Waals surface area contributed by atoms with E-state index in [4.69, 9.17) is 4.74 Å². The molecule has 0 N–H and O–H groups in total. The van der Waals surface area contributed by atoms with Crippen molar-refractivity contribution in [2.75, 3.05) is 6.61 Å². The molecule has 0 rings (SSSR count). The molecule has 0 saturated heterocycles. The van der Waals surface area contributed by atoms with Gasteiger partial charge in [0.15, 0.2) is 0 Å². The van der Waals surface area contributed by atoms with Crippen LogP contribution >= 0.6 is 0 Å². The highest BCUT2D eigenvalue weighted by Gasteiger charge is 2.78. The van der Waals surface area contributed by atoms with Crippen LogP contribution in [0.1, 0.15) is 864 Å². The fourth-order valence-corrected chi connectivity index (χ4v) is 32.0. The smallest absolute Gasteiger partial charge is 0.312 e. The van der Waals surface area contributed by atoms with E-state index in [1.165, 1.54) is 719 Å². The summed E-state index contributed by atoms with van der Waals surface area (Å²) in [7, 11) is 0. The molecule has 0 fully saturated rings. The molecule has 876 valence electrons. The number of carbonyl (C=O) groups is 1. The Kier molecular flexibility index (Phi) is 103. The lowest BCUT2D eigenvalue weighted by molar-refractivity contribution is -0.307. The summed E-state index contributed by atoms with van der Waals surface area (Å²) in [6.45, 7) is 48.6. The van der Waals surface area contributed by atoms with Gasteiger partial charge in [0.05, 0.1) is 12.0 Å². The van der Waals surface area contributed by atoms with Crippen LogP contribution in [0.15, 0.2) is 0 Å². The number of unbranched alkanes of at least 4 members (excludes halogenated alkanes) is 75. The highest BCUT2D eigenvalue weighted by Crippen LogP contribution is 2.85. The molecular weight excluding hydrogens is 1760 g/mol. The van der Waals surface area contributed by atoms with Crippen LogP contribution in [0, 0.1) is 49.2 Å². The van der Waals surface area contributed by atoms with Gasteiger partial charge >= 0.3 is 5.97 Å². The van der Waals surface area contributed by atoms with E-state index in [1.807, 2.05) is 0 Å². The van der Waals surface area contributed by atoms with Gasteiger partial charge in [-0.15, -0.1) is 0 Å². The summed E-state index contributed by atoms with van der Waals surface area (Å²) < 4.78 is 7.91. The summed E-state index contributed by atoms with van der Waals surface area (Å²) in [5, 5.41) is 0. The Balaban J connectivity index is 14.1. The van der Waals surface area contributed by atoms with Crippen molar-refractivity contribution in [3.63, 3.8) is 0 Å². The lowest BCUT2D eigenvalue weighted by Gasteiger charge is -2.79. The second-order valence-corrected chi connectivity index (χ2v) is 51.4. The van der Waals surface area contributed by atoms with Crippen LogP contribution in [0.4, 0.5) is 0 Å². The van der Waals surface area contributed by atoms with Crippen molar-refractivity contribution in [2.24, 2.45) is 49.2 Å². The van der Waals surface area contributed by atoms with Gasteiger partial charge in [-0.25, -0.2) is 0 Å². The van der Waals surface area contributed by atoms with Gasteiger partial charge < -0.3 is 4.74 Å². The largest absolute Gasteiger partial charge is 0.466 e. The summed E-state index contributed by atoms with van der Waals surface area (Å²) >= 11 is 0. The maximum atomic E-state index is 19.3. The van der Waals surface area contributed by atoms with Crippen molar-refractivity contribution >= 4 is 5.97 Å². The summed E-state index contributed by atoms with van der Waals surface area (Å²) in [6, 6.07) is 0. The second-order valence-electron chi connectivity index (χ2n) is 51.4. The highest BCUT2D eigenvalue weighted by atomic mass is 16.5. The first kappa shape index (κ1) is 145. The SMILES string of the molecule is CCCCCCCC(CCCCCCC)CCCCCCC(CCCCCCC)(C(=O)OCC)C(CCCCCCC)(CCCCCCC)C(CCCCCCC)(CCCCCCC)C(CCCCCCC)(CCCCCCC)C(CCCCCCC)(CCCCCCC)C(CCCCCCC)(CCCCCCC)C(CCCCCCC)(CCCCCCC)C(CCCCCCC)(CCCCCCC)CCCCCCC. The van der Waals surface area contributed by atoms with Crippen LogP contribution in [0.2, 0.25) is 0 Å². The minimum atomic E-state index is -0.613. The van der Waals surface area contributed by atoms with E-state index in [9.17, 15) is 0 Å². The number of hydrogen-bond donors (Lipinski definition) is 0. The molecule has 0 radical (unpaired) electrons. The molecule has 2 nitrogen and oxygen atoms in total. The number of rotatable bonds is 124. The predicted octanol–water partition coefficient (Wildman–Crippen LogP) is 53.9. The standard InChI is InChI=1S/C144H288O2/c1-20-39-57-75-95-115-135(116-96-76-58-40-21-2)117-97-77-94-102-122-138(136(145)146-38-19,121-101-81-62-44-25-6)140(125-105-84-65-47-28-9,126-106-85-66-48-29-10)142(129-109-88-69-51-32-13,130-110-89-70-52-33-14)144(133-113-92-73-55-36-17,134-114-93-74-56-37-18)143(131-111-90-71-53-34-15,132-112-91-72-54-35-16)141(127-107-86-67-49-30-11,128-108-87-68-50-31-12)139(123-103-82-63-45-26-7,124-104-83-64-46-27-8)137(118-98-78-59-41-22-3,119-99-79-60-42-23-4)120-100-80-61-43-24-5/h135H,20-134H2,1-19H3. The second kappa shape index (κ2) is 104. The summed E-state index contributed by atoms with van der Waals surface area (Å²) in [4.78, 5) is 19.3. The Morgan fingerprint density at radius 1 is 0.137 bits per heavy atom. The van der Waals surface area contributed by atoms with Crippen LogP contribution in [-0.4, -0.2) is 12.6 Å². The van der Waals surface area contributed by atoms with Gasteiger partial charge in [-0.1, -0.05) is 747 Å². The Hall–Kier alpha value is -0.530. The summed E-state index contributed by atoms with van der Waals surface area (Å²) in [6.07, 6.45) is 158. The normalized spacial score (nSPS) is 13.2. The first-order valence-electron chi connectivity index (χ1n) is 70.9. The van der Waals surface area contributed by atoms with Crippen molar-refractivity contribution in [2.45, 2.75) is 864 Å². The molecule has 0 bridgehead atoms. The van der Waals surface area contributed by atoms with Crippen molar-refractivity contribution < 1.29 is 9.53 Å². The van der Waals surface area contributed by atoms with Gasteiger partial charge in [-0.3, -0.25) is 4.79 Å². The fourth-order valence-electron chi connectivity index (χ4n) is 32.0. The first-order valence-corrected chi connectivity index (χ1v) is 70.9. The predicted molar refractivity (Wildman–Crippen MR) is 668 cm³/mol. The molecule has 0 aromatic carbocycles. The summed E-state index contributed by atoms with van der Waals surface area (Å²) in [5.74, 6) is 1.25. The molecule has 1 unspecified atom stereocenters. The third-order valence-electron chi connectivity index (χ3n) is 40.0. The zero-order valence-electron chi connectivity index (χ0n) is 106. The van der Waals surface area contributed by atoms with Gasteiger partial charge in [0, 0.05) is 0 Å². The van der Waals surface area contributed by atoms with Crippen molar-refractivity contribution in [3.05, 3.63) is 0 Å². The maximum absolute atomic E-state index is 19.3. The van der Waals surface area contributed by atoms with E-state index in [0.717, 1.165) is 18.8 Å². The zero-order chi connectivity index (χ0) is 107. The molecule has 0 aromatic rings. The average molecular weight is 2050 g/mol. The van der Waals surface area contributed by atoms with Gasteiger partial charge in [0.25, 0.3) is 0 Å². The van der Waals surface area contributed by atoms with Crippen molar-refractivity contribution in [1.29, 1.82) is 0 Å². The molecule has 1 atom stereocenters. The number of esters is 1. The van der Waals surface area contributed by atoms with Crippen molar-refractivity contribution in [3.8, 4) is 0 Å². The Bertz CT molecular complexity index is 2440. The molecule has 0 aliphatic heterocycles. The van der Waals surface area contributed by atoms with Gasteiger partial charge in [0.1, 0.15) is 0 Å². The topological polar surface area (TPSA) is 26.3 Å². The lowest BCUT2D eigenvalue weighted by Crippen LogP contribution is -2.73. The van der Waals surface area contributed by atoms with E-state index in [-0.39, 0.29) is 37.9 Å². The van der Waals surface area contributed by atoms with Crippen LogP contribution in [0.3, 0.4) is 0 Å². The van der Waals surface area contributed by atoms with Crippen LogP contribution < -0.4 is 0 Å². The molecule has 0 amide bonds. The molecule has 146 heavy (non-hydrogen) atoms. The fraction of sp³-hybridized carbons (Fsp3) is 0.993. The van der Waals surface area contributed by atoms with E-state index < -0.39 is 5.41 Å². The number of ether oxygens (including phenoxy) is 1.